The summed E-state index contributed by atoms with van der Waals surface area (Å²) in [5.41, 5.74) is 3.02. The lowest BCUT2D eigenvalue weighted by atomic mass is 10.1. The minimum absolute atomic E-state index is 0.687. The second-order valence-electron chi connectivity index (χ2n) is 4.69. The molecule has 0 saturated heterocycles. The van der Waals surface area contributed by atoms with Crippen LogP contribution in [0, 0.1) is 11.3 Å². The van der Waals surface area contributed by atoms with Crippen LogP contribution >= 0.6 is 0 Å². The number of para-hydroxylation sites is 1. The number of rotatable bonds is 6. The van der Waals surface area contributed by atoms with Gasteiger partial charge in [-0.15, -0.1) is 0 Å². The maximum Gasteiger partial charge on any atom is 0.122 e. The first kappa shape index (κ1) is 14.2. The molecule has 0 unspecified atom stereocenters. The quantitative estimate of drug-likeness (QED) is 0.818. The summed E-state index contributed by atoms with van der Waals surface area (Å²) in [5.74, 6) is 0.931. The predicted octanol–water partition coefficient (Wildman–Crippen LogP) is 2.24. The molecule has 2 rings (SSSR count). The Kier molecular flexibility index (Phi) is 4.80. The van der Waals surface area contributed by atoms with Crippen molar-refractivity contribution in [2.24, 2.45) is 7.05 Å². The van der Waals surface area contributed by atoms with Gasteiger partial charge in [0, 0.05) is 19.8 Å². The predicted molar refractivity (Wildman–Crippen MR) is 78.5 cm³/mol. The molecule has 4 nitrogen and oxygen atoms in total. The molecule has 2 aromatic rings. The number of nitrogens with zero attached hydrogens (tertiary/aromatic N) is 2. The molecule has 0 aliphatic rings. The highest BCUT2D eigenvalue weighted by atomic mass is 16.5. The Hall–Kier alpha value is -2.25. The zero-order valence-corrected chi connectivity index (χ0v) is 11.9. The smallest absolute Gasteiger partial charge is 0.122 e. The zero-order chi connectivity index (χ0) is 14.4. The number of hydrogen-bond acceptors (Lipinski definition) is 3. The standard InChI is InChI=1S/C16H19N3O/c1-19-12-13(9-15(19)10-17)11-18-8-7-14-5-3-4-6-16(14)20-2/h3-6,9,12,18H,7-8,11H2,1-2H3. The maximum absolute atomic E-state index is 8.90. The number of methoxy groups -OCH3 is 1. The highest BCUT2D eigenvalue weighted by Crippen LogP contribution is 2.17. The van der Waals surface area contributed by atoms with E-state index in [0.717, 1.165) is 30.8 Å². The average molecular weight is 269 g/mol. The summed E-state index contributed by atoms with van der Waals surface area (Å²) in [6, 6.07) is 12.1. The first-order chi connectivity index (χ1) is 9.74. The summed E-state index contributed by atoms with van der Waals surface area (Å²) < 4.78 is 7.17. The third-order valence-electron chi connectivity index (χ3n) is 3.27. The molecule has 1 N–H and O–H groups in total. The van der Waals surface area contributed by atoms with E-state index in [9.17, 15) is 0 Å². The molecule has 20 heavy (non-hydrogen) atoms. The molecule has 104 valence electrons. The molecular weight excluding hydrogens is 250 g/mol. The summed E-state index contributed by atoms with van der Waals surface area (Å²) in [6.07, 6.45) is 2.90. The van der Waals surface area contributed by atoms with Crippen molar-refractivity contribution in [2.45, 2.75) is 13.0 Å². The first-order valence-electron chi connectivity index (χ1n) is 6.62. The van der Waals surface area contributed by atoms with Gasteiger partial charge in [0.15, 0.2) is 0 Å². The van der Waals surface area contributed by atoms with E-state index in [1.807, 2.05) is 42.1 Å². The molecule has 1 aromatic carbocycles. The highest BCUT2D eigenvalue weighted by molar-refractivity contribution is 5.33. The summed E-state index contributed by atoms with van der Waals surface area (Å²) in [7, 11) is 3.58. The van der Waals surface area contributed by atoms with E-state index in [1.165, 1.54) is 5.56 Å². The fourth-order valence-corrected chi connectivity index (χ4v) is 2.21. The van der Waals surface area contributed by atoms with Gasteiger partial charge in [-0.25, -0.2) is 0 Å². The second kappa shape index (κ2) is 6.78. The molecule has 0 radical (unpaired) electrons. The minimum atomic E-state index is 0.687. The van der Waals surface area contributed by atoms with E-state index in [4.69, 9.17) is 10.00 Å². The number of aromatic nitrogens is 1. The van der Waals surface area contributed by atoms with Crippen molar-refractivity contribution >= 4 is 0 Å². The topological polar surface area (TPSA) is 50.0 Å². The van der Waals surface area contributed by atoms with Crippen LogP contribution in [0.4, 0.5) is 0 Å². The largest absolute Gasteiger partial charge is 0.496 e. The normalized spacial score (nSPS) is 10.2. The van der Waals surface area contributed by atoms with E-state index < -0.39 is 0 Å². The maximum atomic E-state index is 8.90. The van der Waals surface area contributed by atoms with Crippen LogP contribution in [-0.4, -0.2) is 18.2 Å². The van der Waals surface area contributed by atoms with Crippen LogP contribution in [0.3, 0.4) is 0 Å². The summed E-state index contributed by atoms with van der Waals surface area (Å²) >= 11 is 0. The lowest BCUT2D eigenvalue weighted by molar-refractivity contribution is 0.409. The van der Waals surface area contributed by atoms with E-state index in [1.54, 1.807) is 7.11 Å². The van der Waals surface area contributed by atoms with Crippen LogP contribution in [0.1, 0.15) is 16.8 Å². The van der Waals surface area contributed by atoms with Crippen molar-refractivity contribution in [3.05, 3.63) is 53.3 Å². The number of hydrogen-bond donors (Lipinski definition) is 1. The second-order valence-corrected chi connectivity index (χ2v) is 4.69. The Labute approximate surface area is 119 Å². The Morgan fingerprint density at radius 3 is 2.85 bits per heavy atom. The molecule has 0 aliphatic heterocycles. The third-order valence-corrected chi connectivity index (χ3v) is 3.27. The number of ether oxygens (including phenoxy) is 1. The van der Waals surface area contributed by atoms with Crippen molar-refractivity contribution in [3.8, 4) is 11.8 Å². The Bertz CT molecular complexity index is 610. The fourth-order valence-electron chi connectivity index (χ4n) is 2.21. The van der Waals surface area contributed by atoms with E-state index >= 15 is 0 Å². The zero-order valence-electron chi connectivity index (χ0n) is 11.9. The van der Waals surface area contributed by atoms with Crippen molar-refractivity contribution < 1.29 is 4.74 Å². The molecule has 0 amide bonds. The van der Waals surface area contributed by atoms with Crippen molar-refractivity contribution in [2.75, 3.05) is 13.7 Å². The minimum Gasteiger partial charge on any atom is -0.496 e. The Morgan fingerprint density at radius 1 is 1.35 bits per heavy atom. The molecule has 0 saturated carbocycles. The molecule has 0 aliphatic carbocycles. The Balaban J connectivity index is 1.83. The van der Waals surface area contributed by atoms with Crippen LogP contribution in [-0.2, 0) is 20.0 Å². The summed E-state index contributed by atoms with van der Waals surface area (Å²) in [6.45, 7) is 1.64. The van der Waals surface area contributed by atoms with Crippen LogP contribution in [0.2, 0.25) is 0 Å². The van der Waals surface area contributed by atoms with Crippen LogP contribution in [0.25, 0.3) is 0 Å². The molecule has 1 aromatic heterocycles. The molecular formula is C16H19N3O. The molecule has 0 bridgehead atoms. The fraction of sp³-hybridized carbons (Fsp3) is 0.312. The van der Waals surface area contributed by atoms with E-state index in [-0.39, 0.29) is 0 Å². The van der Waals surface area contributed by atoms with Gasteiger partial charge in [0.1, 0.15) is 17.5 Å². The van der Waals surface area contributed by atoms with Gasteiger partial charge in [-0.3, -0.25) is 0 Å². The van der Waals surface area contributed by atoms with Crippen LogP contribution < -0.4 is 10.1 Å². The van der Waals surface area contributed by atoms with E-state index in [0.29, 0.717) is 5.69 Å². The number of benzene rings is 1. The van der Waals surface area contributed by atoms with Gasteiger partial charge in [-0.1, -0.05) is 18.2 Å². The first-order valence-corrected chi connectivity index (χ1v) is 6.62. The molecule has 4 heteroatoms. The third kappa shape index (κ3) is 3.40. The van der Waals surface area contributed by atoms with Crippen molar-refractivity contribution in [3.63, 3.8) is 0 Å². The van der Waals surface area contributed by atoms with Gasteiger partial charge < -0.3 is 14.6 Å². The SMILES string of the molecule is COc1ccccc1CCNCc1cc(C#N)n(C)c1. The lowest BCUT2D eigenvalue weighted by Gasteiger charge is -2.08. The number of nitriles is 1. The highest BCUT2D eigenvalue weighted by Gasteiger charge is 2.03. The van der Waals surface area contributed by atoms with Gasteiger partial charge in [0.25, 0.3) is 0 Å². The molecule has 0 atom stereocenters. The Morgan fingerprint density at radius 2 is 2.15 bits per heavy atom. The average Bonchev–Trinajstić information content (AvgIpc) is 2.84. The number of nitrogens with one attached hydrogen (secondary N) is 1. The summed E-state index contributed by atoms with van der Waals surface area (Å²) in [4.78, 5) is 0. The van der Waals surface area contributed by atoms with Crippen molar-refractivity contribution in [1.82, 2.24) is 9.88 Å². The lowest BCUT2D eigenvalue weighted by Crippen LogP contribution is -2.16. The monoisotopic (exact) mass is 269 g/mol. The van der Waals surface area contributed by atoms with Gasteiger partial charge in [0.2, 0.25) is 0 Å². The summed E-state index contributed by atoms with van der Waals surface area (Å²) in [5, 5.41) is 12.3. The van der Waals surface area contributed by atoms with Crippen LogP contribution in [0.15, 0.2) is 36.5 Å². The van der Waals surface area contributed by atoms with Gasteiger partial charge in [0.05, 0.1) is 7.11 Å². The van der Waals surface area contributed by atoms with E-state index in [2.05, 4.69) is 17.5 Å². The molecule has 0 spiro atoms. The van der Waals surface area contributed by atoms with Gasteiger partial charge >= 0.3 is 0 Å². The van der Waals surface area contributed by atoms with Gasteiger partial charge in [-0.2, -0.15) is 5.26 Å². The van der Waals surface area contributed by atoms with Crippen LogP contribution in [0.5, 0.6) is 5.75 Å². The molecule has 0 fully saturated rings. The van der Waals surface area contributed by atoms with Crippen molar-refractivity contribution in [1.29, 1.82) is 5.26 Å². The number of aryl methyl sites for hydroxylation is 1. The van der Waals surface area contributed by atoms with Gasteiger partial charge in [-0.05, 0) is 36.2 Å². The molecule has 1 heterocycles.